The molecule has 1 aliphatic rings. The lowest BCUT2D eigenvalue weighted by atomic mass is 10.0. The van der Waals surface area contributed by atoms with Crippen LogP contribution in [0.1, 0.15) is 30.5 Å². The van der Waals surface area contributed by atoms with Crippen molar-refractivity contribution in [3.63, 3.8) is 0 Å². The summed E-state index contributed by atoms with van der Waals surface area (Å²) in [5.74, 6) is 0.682. The lowest BCUT2D eigenvalue weighted by Crippen LogP contribution is -2.43. The fraction of sp³-hybridized carbons (Fsp3) is 0.538. The second kappa shape index (κ2) is 5.27. The molecule has 0 unspecified atom stereocenters. The van der Waals surface area contributed by atoms with Crippen molar-refractivity contribution in [2.24, 2.45) is 0 Å². The summed E-state index contributed by atoms with van der Waals surface area (Å²) < 4.78 is 0. The van der Waals surface area contributed by atoms with Crippen LogP contribution in [0.15, 0.2) is 12.1 Å². The molecule has 2 N–H and O–H groups in total. The highest BCUT2D eigenvalue weighted by Crippen LogP contribution is 2.12. The van der Waals surface area contributed by atoms with E-state index in [0.29, 0.717) is 5.82 Å². The maximum absolute atomic E-state index is 12.0. The molecule has 0 spiro atoms. The summed E-state index contributed by atoms with van der Waals surface area (Å²) in [4.78, 5) is 16.3. The van der Waals surface area contributed by atoms with E-state index >= 15 is 0 Å². The van der Waals surface area contributed by atoms with Gasteiger partial charge in [0.05, 0.1) is 6.04 Å². The third kappa shape index (κ3) is 3.27. The molecular weight excluding hydrogens is 214 g/mol. The van der Waals surface area contributed by atoms with Crippen LogP contribution in [-0.2, 0) is 4.79 Å². The van der Waals surface area contributed by atoms with Gasteiger partial charge in [-0.25, -0.2) is 4.98 Å². The maximum atomic E-state index is 12.0. The van der Waals surface area contributed by atoms with Crippen LogP contribution in [0.3, 0.4) is 0 Å². The molecule has 1 aliphatic heterocycles. The lowest BCUT2D eigenvalue weighted by molar-refractivity contribution is -0.118. The van der Waals surface area contributed by atoms with Gasteiger partial charge in [-0.1, -0.05) is 6.42 Å². The Morgan fingerprint density at radius 2 is 2.24 bits per heavy atom. The zero-order valence-electron chi connectivity index (χ0n) is 10.4. The van der Waals surface area contributed by atoms with Crippen molar-refractivity contribution in [2.45, 2.75) is 39.2 Å². The van der Waals surface area contributed by atoms with Gasteiger partial charge >= 0.3 is 0 Å². The number of aromatic nitrogens is 1. The van der Waals surface area contributed by atoms with Crippen LogP contribution in [0.5, 0.6) is 0 Å². The summed E-state index contributed by atoms with van der Waals surface area (Å²) in [6.07, 6.45) is 3.19. The fourth-order valence-corrected chi connectivity index (χ4v) is 2.19. The first-order valence-corrected chi connectivity index (χ1v) is 6.15. The van der Waals surface area contributed by atoms with Gasteiger partial charge in [-0.05, 0) is 50.9 Å². The summed E-state index contributed by atoms with van der Waals surface area (Å²) in [7, 11) is 0. The number of carbonyl (C=O) groups is 1. The molecule has 92 valence electrons. The number of carbonyl (C=O) groups excluding carboxylic acids is 1. The van der Waals surface area contributed by atoms with E-state index in [1.165, 1.54) is 0 Å². The molecule has 0 saturated carbocycles. The Balaban J connectivity index is 2.01. The molecule has 0 aromatic carbocycles. The minimum atomic E-state index is -0.0635. The van der Waals surface area contributed by atoms with E-state index < -0.39 is 0 Å². The highest BCUT2D eigenvalue weighted by atomic mass is 16.2. The first-order valence-electron chi connectivity index (χ1n) is 6.15. The molecule has 0 bridgehead atoms. The highest BCUT2D eigenvalue weighted by molar-refractivity contribution is 5.94. The van der Waals surface area contributed by atoms with Gasteiger partial charge in [0.2, 0.25) is 5.91 Å². The Kier molecular flexibility index (Phi) is 3.74. The minimum Gasteiger partial charge on any atom is -0.309 e. The van der Waals surface area contributed by atoms with E-state index in [9.17, 15) is 4.79 Å². The number of anilines is 1. The zero-order valence-corrected chi connectivity index (χ0v) is 10.4. The second-order valence-corrected chi connectivity index (χ2v) is 4.66. The Labute approximate surface area is 102 Å². The highest BCUT2D eigenvalue weighted by Gasteiger charge is 2.20. The molecule has 1 atom stereocenters. The number of nitrogens with one attached hydrogen (secondary N) is 2. The number of pyridine rings is 1. The van der Waals surface area contributed by atoms with Crippen molar-refractivity contribution in [3.05, 3.63) is 23.4 Å². The van der Waals surface area contributed by atoms with Gasteiger partial charge in [0.25, 0.3) is 0 Å². The van der Waals surface area contributed by atoms with E-state index in [1.54, 1.807) is 0 Å². The van der Waals surface area contributed by atoms with Crippen molar-refractivity contribution >= 4 is 11.7 Å². The van der Waals surface area contributed by atoms with Crippen molar-refractivity contribution in [2.75, 3.05) is 11.9 Å². The van der Waals surface area contributed by atoms with Crippen molar-refractivity contribution < 1.29 is 4.79 Å². The van der Waals surface area contributed by atoms with Gasteiger partial charge in [0, 0.05) is 5.69 Å². The predicted molar refractivity (Wildman–Crippen MR) is 68.0 cm³/mol. The van der Waals surface area contributed by atoms with Gasteiger partial charge in [0.15, 0.2) is 0 Å². The Morgan fingerprint density at radius 1 is 1.41 bits per heavy atom. The smallest absolute Gasteiger partial charge is 0.242 e. The van der Waals surface area contributed by atoms with E-state index in [-0.39, 0.29) is 11.9 Å². The van der Waals surface area contributed by atoms with Gasteiger partial charge < -0.3 is 10.6 Å². The first kappa shape index (κ1) is 12.0. The molecule has 4 nitrogen and oxygen atoms in total. The van der Waals surface area contributed by atoms with Gasteiger partial charge in [-0.15, -0.1) is 0 Å². The monoisotopic (exact) mass is 233 g/mol. The molecule has 17 heavy (non-hydrogen) atoms. The van der Waals surface area contributed by atoms with E-state index in [2.05, 4.69) is 15.6 Å². The average Bonchev–Trinajstić information content (AvgIpc) is 2.28. The number of nitrogens with zero attached hydrogens (tertiary/aromatic N) is 1. The summed E-state index contributed by atoms with van der Waals surface area (Å²) in [6.45, 7) is 4.86. The summed E-state index contributed by atoms with van der Waals surface area (Å²) in [5.41, 5.74) is 2.04. The topological polar surface area (TPSA) is 54.0 Å². The molecule has 0 aliphatic carbocycles. The summed E-state index contributed by atoms with van der Waals surface area (Å²) in [5, 5.41) is 6.11. The molecule has 1 fully saturated rings. The van der Waals surface area contributed by atoms with E-state index in [1.807, 2.05) is 26.0 Å². The molecular formula is C13H19N3O. The van der Waals surface area contributed by atoms with E-state index in [4.69, 9.17) is 0 Å². The quantitative estimate of drug-likeness (QED) is 0.818. The van der Waals surface area contributed by atoms with Gasteiger partial charge in [-0.2, -0.15) is 0 Å². The number of rotatable bonds is 2. The van der Waals surface area contributed by atoms with Crippen LogP contribution in [0.4, 0.5) is 5.82 Å². The minimum absolute atomic E-state index is 0.0298. The average molecular weight is 233 g/mol. The predicted octanol–water partition coefficient (Wildman–Crippen LogP) is 1.78. The molecule has 2 heterocycles. The van der Waals surface area contributed by atoms with Crippen LogP contribution in [0, 0.1) is 13.8 Å². The number of piperidine rings is 1. The fourth-order valence-electron chi connectivity index (χ4n) is 2.19. The number of amides is 1. The normalized spacial score (nSPS) is 20.0. The van der Waals surface area contributed by atoms with Crippen LogP contribution in [0.2, 0.25) is 0 Å². The molecule has 1 amide bonds. The SMILES string of the molecule is Cc1cc(C)nc(NC(=O)[C@H]2CCCCN2)c1. The molecule has 2 rings (SSSR count). The Bertz CT molecular complexity index is 391. The number of hydrogen-bond acceptors (Lipinski definition) is 3. The summed E-state index contributed by atoms with van der Waals surface area (Å²) in [6, 6.07) is 3.83. The number of hydrogen-bond donors (Lipinski definition) is 2. The molecule has 0 radical (unpaired) electrons. The van der Waals surface area contributed by atoms with Crippen molar-refractivity contribution in [1.82, 2.24) is 10.3 Å². The summed E-state index contributed by atoms with van der Waals surface area (Å²) >= 11 is 0. The van der Waals surface area contributed by atoms with Crippen LogP contribution in [0.25, 0.3) is 0 Å². The second-order valence-electron chi connectivity index (χ2n) is 4.66. The molecule has 1 saturated heterocycles. The Morgan fingerprint density at radius 3 is 2.88 bits per heavy atom. The third-order valence-electron chi connectivity index (χ3n) is 2.98. The van der Waals surface area contributed by atoms with Crippen molar-refractivity contribution in [3.8, 4) is 0 Å². The van der Waals surface area contributed by atoms with Gasteiger partial charge in [-0.3, -0.25) is 4.79 Å². The third-order valence-corrected chi connectivity index (χ3v) is 2.98. The largest absolute Gasteiger partial charge is 0.309 e. The van der Waals surface area contributed by atoms with E-state index in [0.717, 1.165) is 37.1 Å². The van der Waals surface area contributed by atoms with Gasteiger partial charge in [0.1, 0.15) is 5.82 Å². The van der Waals surface area contributed by atoms with Crippen LogP contribution in [-0.4, -0.2) is 23.5 Å². The van der Waals surface area contributed by atoms with Crippen molar-refractivity contribution in [1.29, 1.82) is 0 Å². The maximum Gasteiger partial charge on any atom is 0.242 e. The molecule has 1 aromatic heterocycles. The molecule has 4 heteroatoms. The first-order chi connectivity index (χ1) is 8.15. The zero-order chi connectivity index (χ0) is 12.3. The lowest BCUT2D eigenvalue weighted by Gasteiger charge is -2.22. The number of aryl methyl sites for hydroxylation is 2. The Hall–Kier alpha value is -1.42. The standard InChI is InChI=1S/C13H19N3O/c1-9-7-10(2)15-12(8-9)16-13(17)11-5-3-4-6-14-11/h7-8,11,14H,3-6H2,1-2H3,(H,15,16,17)/t11-/m1/s1. The molecule has 1 aromatic rings. The van der Waals surface area contributed by atoms with Crippen LogP contribution >= 0.6 is 0 Å². The van der Waals surface area contributed by atoms with Crippen LogP contribution < -0.4 is 10.6 Å².